The van der Waals surface area contributed by atoms with Crippen LogP contribution in [-0.2, 0) is 16.1 Å². The molecule has 1 heterocycles. The van der Waals surface area contributed by atoms with E-state index in [4.69, 9.17) is 0 Å². The predicted molar refractivity (Wildman–Crippen MR) is 101 cm³/mol. The summed E-state index contributed by atoms with van der Waals surface area (Å²) >= 11 is 3.27. The Balaban J connectivity index is 1.74. The van der Waals surface area contributed by atoms with Gasteiger partial charge in [-0.2, -0.15) is 0 Å². The van der Waals surface area contributed by atoms with Gasteiger partial charge in [-0.25, -0.2) is 9.37 Å². The average molecular weight is 423 g/mol. The number of carbonyl (C=O) groups excluding carboxylic acids is 2. The molecule has 8 heteroatoms. The van der Waals surface area contributed by atoms with Gasteiger partial charge in [0, 0.05) is 17.2 Å². The number of carbonyl (C=O) groups is 2. The highest BCUT2D eigenvalue weighted by molar-refractivity contribution is 9.10. The van der Waals surface area contributed by atoms with E-state index in [1.807, 2.05) is 0 Å². The topological polar surface area (TPSA) is 74.3 Å². The molecule has 0 saturated carbocycles. The molecule has 0 radical (unpaired) electrons. The van der Waals surface area contributed by atoms with Crippen molar-refractivity contribution in [3.63, 3.8) is 0 Å². The number of hydrogen-bond acceptors (Lipinski definition) is 4. The number of amides is 2. The minimum atomic E-state index is -0.299. The van der Waals surface area contributed by atoms with Crippen LogP contribution in [0.4, 0.5) is 10.2 Å². The van der Waals surface area contributed by atoms with Crippen molar-refractivity contribution < 1.29 is 14.0 Å². The number of benzene rings is 1. The SMILES string of the molecule is Cc1ccc(CNC(=O)CN(C)CC(=O)Nc2ccc(Br)cn2)cc1F. The second-order valence-electron chi connectivity index (χ2n) is 5.94. The fourth-order valence-electron chi connectivity index (χ4n) is 2.18. The van der Waals surface area contributed by atoms with E-state index in [9.17, 15) is 14.0 Å². The summed E-state index contributed by atoms with van der Waals surface area (Å²) in [5.74, 6) is -0.372. The third kappa shape index (κ3) is 6.53. The van der Waals surface area contributed by atoms with Gasteiger partial charge >= 0.3 is 0 Å². The number of likely N-dealkylation sites (N-methyl/N-ethyl adjacent to an activating group) is 1. The van der Waals surface area contributed by atoms with Gasteiger partial charge in [-0.1, -0.05) is 12.1 Å². The van der Waals surface area contributed by atoms with Crippen LogP contribution in [0.1, 0.15) is 11.1 Å². The Labute approximate surface area is 159 Å². The molecule has 138 valence electrons. The maximum atomic E-state index is 13.5. The monoisotopic (exact) mass is 422 g/mol. The molecule has 2 rings (SSSR count). The van der Waals surface area contributed by atoms with E-state index in [-0.39, 0.29) is 37.3 Å². The Hall–Kier alpha value is -2.32. The number of nitrogens with zero attached hydrogens (tertiary/aromatic N) is 2. The Kier molecular flexibility index (Phi) is 7.23. The van der Waals surface area contributed by atoms with Crippen LogP contribution in [0.3, 0.4) is 0 Å². The Morgan fingerprint density at radius 3 is 2.58 bits per heavy atom. The van der Waals surface area contributed by atoms with Gasteiger partial charge in [-0.15, -0.1) is 0 Å². The lowest BCUT2D eigenvalue weighted by Gasteiger charge is -2.16. The molecule has 0 spiro atoms. The molecule has 0 aliphatic carbocycles. The first kappa shape index (κ1) is 20.0. The van der Waals surface area contributed by atoms with Gasteiger partial charge in [-0.05, 0) is 59.2 Å². The lowest BCUT2D eigenvalue weighted by Crippen LogP contribution is -2.38. The zero-order valence-electron chi connectivity index (χ0n) is 14.6. The second-order valence-corrected chi connectivity index (χ2v) is 6.86. The molecule has 2 N–H and O–H groups in total. The number of nitrogens with one attached hydrogen (secondary N) is 2. The standard InChI is InChI=1S/C18H20BrFN4O2/c1-12-3-4-13(7-15(12)20)8-22-17(25)10-24(2)11-18(26)23-16-6-5-14(19)9-21-16/h3-7,9H,8,10-11H2,1-2H3,(H,22,25)(H,21,23,26). The van der Waals surface area contributed by atoms with Crippen molar-refractivity contribution in [1.82, 2.24) is 15.2 Å². The zero-order chi connectivity index (χ0) is 19.1. The maximum Gasteiger partial charge on any atom is 0.239 e. The summed E-state index contributed by atoms with van der Waals surface area (Å²) in [6.45, 7) is 2.01. The molecule has 6 nitrogen and oxygen atoms in total. The van der Waals surface area contributed by atoms with Crippen LogP contribution in [0.5, 0.6) is 0 Å². The second kappa shape index (κ2) is 9.40. The third-order valence-electron chi connectivity index (χ3n) is 3.55. The van der Waals surface area contributed by atoms with E-state index >= 15 is 0 Å². The number of anilines is 1. The van der Waals surface area contributed by atoms with Gasteiger partial charge in [0.15, 0.2) is 0 Å². The highest BCUT2D eigenvalue weighted by atomic mass is 79.9. The van der Waals surface area contributed by atoms with Gasteiger partial charge in [0.1, 0.15) is 11.6 Å². The molecule has 1 aromatic carbocycles. The normalized spacial score (nSPS) is 10.7. The summed E-state index contributed by atoms with van der Waals surface area (Å²) < 4.78 is 14.3. The van der Waals surface area contributed by atoms with Crippen molar-refractivity contribution in [2.75, 3.05) is 25.5 Å². The molecule has 0 fully saturated rings. The summed E-state index contributed by atoms with van der Waals surface area (Å²) in [7, 11) is 1.67. The van der Waals surface area contributed by atoms with Gasteiger partial charge in [0.25, 0.3) is 0 Å². The third-order valence-corrected chi connectivity index (χ3v) is 4.02. The van der Waals surface area contributed by atoms with E-state index in [2.05, 4.69) is 31.5 Å². The van der Waals surface area contributed by atoms with Crippen molar-refractivity contribution >= 4 is 33.6 Å². The number of aromatic nitrogens is 1. The van der Waals surface area contributed by atoms with Crippen molar-refractivity contribution in [2.24, 2.45) is 0 Å². The van der Waals surface area contributed by atoms with Gasteiger partial charge < -0.3 is 10.6 Å². The van der Waals surface area contributed by atoms with Crippen LogP contribution in [0, 0.1) is 12.7 Å². The van der Waals surface area contributed by atoms with Gasteiger partial charge in [-0.3, -0.25) is 14.5 Å². The summed E-state index contributed by atoms with van der Waals surface area (Å²) in [6, 6.07) is 8.28. The molecule has 2 aromatic rings. The van der Waals surface area contributed by atoms with Crippen molar-refractivity contribution in [2.45, 2.75) is 13.5 Å². The van der Waals surface area contributed by atoms with Crippen LogP contribution in [0.15, 0.2) is 41.0 Å². The minimum Gasteiger partial charge on any atom is -0.351 e. The summed E-state index contributed by atoms with van der Waals surface area (Å²) in [4.78, 5) is 29.6. The summed E-state index contributed by atoms with van der Waals surface area (Å²) in [5, 5.41) is 5.37. The fraction of sp³-hybridized carbons (Fsp3) is 0.278. The molecule has 0 aliphatic heterocycles. The van der Waals surface area contributed by atoms with E-state index in [1.165, 1.54) is 6.07 Å². The Morgan fingerprint density at radius 2 is 1.92 bits per heavy atom. The number of rotatable bonds is 7. The van der Waals surface area contributed by atoms with Gasteiger partial charge in [0.05, 0.1) is 13.1 Å². The molecule has 1 aromatic heterocycles. The lowest BCUT2D eigenvalue weighted by atomic mass is 10.1. The molecule has 0 aliphatic rings. The van der Waals surface area contributed by atoms with Crippen LogP contribution in [0.25, 0.3) is 0 Å². The molecule has 0 atom stereocenters. The molecule has 26 heavy (non-hydrogen) atoms. The quantitative estimate of drug-likeness (QED) is 0.718. The zero-order valence-corrected chi connectivity index (χ0v) is 16.1. The van der Waals surface area contributed by atoms with Gasteiger partial charge in [0.2, 0.25) is 11.8 Å². The first-order chi connectivity index (χ1) is 12.3. The van der Waals surface area contributed by atoms with Crippen LogP contribution in [0.2, 0.25) is 0 Å². The molecule has 2 amide bonds. The summed E-state index contributed by atoms with van der Waals surface area (Å²) in [6.07, 6.45) is 1.58. The molecular weight excluding hydrogens is 403 g/mol. The minimum absolute atomic E-state index is 0.0460. The number of pyridine rings is 1. The van der Waals surface area contributed by atoms with Crippen molar-refractivity contribution in [1.29, 1.82) is 0 Å². The van der Waals surface area contributed by atoms with E-state index in [0.717, 1.165) is 4.47 Å². The number of aryl methyl sites for hydroxylation is 1. The lowest BCUT2D eigenvalue weighted by molar-refractivity contribution is -0.123. The smallest absolute Gasteiger partial charge is 0.239 e. The highest BCUT2D eigenvalue weighted by Gasteiger charge is 2.11. The maximum absolute atomic E-state index is 13.5. The van der Waals surface area contributed by atoms with Crippen molar-refractivity contribution in [3.8, 4) is 0 Å². The number of halogens is 2. The van der Waals surface area contributed by atoms with E-state index in [1.54, 1.807) is 49.3 Å². The molecule has 0 saturated heterocycles. The first-order valence-electron chi connectivity index (χ1n) is 7.95. The number of hydrogen-bond donors (Lipinski definition) is 2. The van der Waals surface area contributed by atoms with Crippen LogP contribution < -0.4 is 10.6 Å². The fourth-order valence-corrected chi connectivity index (χ4v) is 2.42. The molecule has 0 unspecified atom stereocenters. The Morgan fingerprint density at radius 1 is 1.19 bits per heavy atom. The van der Waals surface area contributed by atoms with Crippen LogP contribution in [-0.4, -0.2) is 41.8 Å². The Bertz CT molecular complexity index is 783. The first-order valence-corrected chi connectivity index (χ1v) is 8.74. The highest BCUT2D eigenvalue weighted by Crippen LogP contribution is 2.10. The summed E-state index contributed by atoms with van der Waals surface area (Å²) in [5.41, 5.74) is 1.24. The largest absolute Gasteiger partial charge is 0.351 e. The van der Waals surface area contributed by atoms with E-state index < -0.39 is 0 Å². The van der Waals surface area contributed by atoms with E-state index in [0.29, 0.717) is 16.9 Å². The average Bonchev–Trinajstić information content (AvgIpc) is 2.57. The predicted octanol–water partition coefficient (Wildman–Crippen LogP) is 2.48. The van der Waals surface area contributed by atoms with Crippen LogP contribution >= 0.6 is 15.9 Å². The van der Waals surface area contributed by atoms with Crippen molar-refractivity contribution in [3.05, 3.63) is 57.9 Å². The molecule has 0 bridgehead atoms. The molecular formula is C18H20BrFN4O2.